The maximum Gasteiger partial charge on any atom is 0.233 e. The van der Waals surface area contributed by atoms with Gasteiger partial charge in [0.25, 0.3) is 0 Å². The number of carbonyl (C=O) groups excluding carboxylic acids is 2. The highest BCUT2D eigenvalue weighted by atomic mass is 32.2. The second kappa shape index (κ2) is 9.30. The summed E-state index contributed by atoms with van der Waals surface area (Å²) in [5.41, 5.74) is 0. The lowest BCUT2D eigenvalue weighted by Crippen LogP contribution is -2.43. The molecule has 0 radical (unpaired) electrons. The summed E-state index contributed by atoms with van der Waals surface area (Å²) in [5.74, 6) is 2.03. The third-order valence-corrected chi connectivity index (χ3v) is 7.79. The van der Waals surface area contributed by atoms with E-state index in [1.54, 1.807) is 23.1 Å². The van der Waals surface area contributed by atoms with Gasteiger partial charge in [-0.2, -0.15) is 0 Å². The van der Waals surface area contributed by atoms with Crippen molar-refractivity contribution in [1.29, 1.82) is 0 Å². The zero-order valence-corrected chi connectivity index (χ0v) is 18.2. The summed E-state index contributed by atoms with van der Waals surface area (Å²) in [6, 6.07) is 0. The number of rotatable bonds is 9. The largest absolute Gasteiger partial charge is 0.357 e. The highest BCUT2D eigenvalue weighted by molar-refractivity contribution is 8.00. The molecule has 1 saturated heterocycles. The number of fused-ring (bicyclic) bond motifs is 5. The normalized spacial score (nSPS) is 27.8. The number of hydrogen-bond donors (Lipinski definition) is 2. The Hall–Kier alpha value is -1.87. The Bertz CT molecular complexity index is 765. The van der Waals surface area contributed by atoms with Crippen LogP contribution in [0.4, 0.5) is 0 Å². The average molecular weight is 434 g/mol. The molecule has 1 aromatic rings. The number of amides is 2. The minimum absolute atomic E-state index is 0.0137. The maximum atomic E-state index is 12.7. The fourth-order valence-corrected chi connectivity index (χ4v) is 6.14. The number of guanidine groups is 1. The van der Waals surface area contributed by atoms with E-state index in [4.69, 9.17) is 0 Å². The van der Waals surface area contributed by atoms with E-state index in [2.05, 4.69) is 32.8 Å². The molecule has 29 heavy (non-hydrogen) atoms. The first kappa shape index (κ1) is 20.4. The number of thioether (sulfide) groups is 1. The number of aromatic nitrogens is 1. The van der Waals surface area contributed by atoms with Crippen molar-refractivity contribution in [3.05, 3.63) is 23.7 Å². The van der Waals surface area contributed by atoms with Crippen molar-refractivity contribution in [1.82, 2.24) is 20.5 Å². The summed E-state index contributed by atoms with van der Waals surface area (Å²) >= 11 is 3.41. The molecule has 1 aromatic heterocycles. The van der Waals surface area contributed by atoms with E-state index >= 15 is 0 Å². The summed E-state index contributed by atoms with van der Waals surface area (Å²) in [6.07, 6.45) is 8.01. The first-order valence-corrected chi connectivity index (χ1v) is 12.1. The van der Waals surface area contributed by atoms with Crippen molar-refractivity contribution < 1.29 is 9.59 Å². The van der Waals surface area contributed by atoms with Crippen LogP contribution in [0.2, 0.25) is 0 Å². The number of carbonyl (C=O) groups is 2. The summed E-state index contributed by atoms with van der Waals surface area (Å²) in [4.78, 5) is 35.8. The lowest BCUT2D eigenvalue weighted by molar-refractivity contribution is -0.140. The molecule has 2 aliphatic carbocycles. The molecule has 2 bridgehead atoms. The molecular formula is C20H27N5O2S2. The van der Waals surface area contributed by atoms with Crippen molar-refractivity contribution in [2.45, 2.75) is 24.1 Å². The van der Waals surface area contributed by atoms with Gasteiger partial charge in [0, 0.05) is 43.5 Å². The van der Waals surface area contributed by atoms with Gasteiger partial charge in [-0.3, -0.25) is 19.5 Å². The second-order valence-electron chi connectivity index (χ2n) is 7.52. The molecular weight excluding hydrogens is 406 g/mol. The van der Waals surface area contributed by atoms with E-state index in [1.165, 1.54) is 4.90 Å². The number of hydrogen-bond acceptors (Lipinski definition) is 6. The molecule has 4 rings (SSSR count). The van der Waals surface area contributed by atoms with Crippen molar-refractivity contribution in [2.24, 2.45) is 28.7 Å². The summed E-state index contributed by atoms with van der Waals surface area (Å²) in [7, 11) is 0. The van der Waals surface area contributed by atoms with Crippen LogP contribution in [0.1, 0.15) is 19.8 Å². The van der Waals surface area contributed by atoms with Crippen molar-refractivity contribution in [3.8, 4) is 0 Å². The van der Waals surface area contributed by atoms with Crippen LogP contribution in [0.3, 0.4) is 0 Å². The lowest BCUT2D eigenvalue weighted by Gasteiger charge is -2.18. The molecule has 7 nitrogen and oxygen atoms in total. The minimum atomic E-state index is -0.116. The van der Waals surface area contributed by atoms with E-state index in [9.17, 15) is 9.59 Å². The van der Waals surface area contributed by atoms with Crippen LogP contribution in [0, 0.1) is 23.7 Å². The van der Waals surface area contributed by atoms with E-state index < -0.39 is 0 Å². The highest BCUT2D eigenvalue weighted by Gasteiger charge is 2.58. The first-order valence-electron chi connectivity index (χ1n) is 10.3. The SMILES string of the molecule is CCNC(=NCCCSc1nccs1)NCCN1C(=O)C2C3C=CC(C3)C2C1=O. The number of likely N-dealkylation sites (tertiary alicyclic amines) is 1. The van der Waals surface area contributed by atoms with Gasteiger partial charge < -0.3 is 10.6 Å². The molecule has 2 N–H and O–H groups in total. The van der Waals surface area contributed by atoms with Gasteiger partial charge in [0.05, 0.1) is 11.8 Å². The Labute approximate surface area is 179 Å². The van der Waals surface area contributed by atoms with Crippen LogP contribution >= 0.6 is 23.1 Å². The van der Waals surface area contributed by atoms with Crippen molar-refractivity contribution >= 4 is 40.9 Å². The molecule has 156 valence electrons. The van der Waals surface area contributed by atoms with Crippen LogP contribution in [-0.2, 0) is 9.59 Å². The summed E-state index contributed by atoms with van der Waals surface area (Å²) in [6.45, 7) is 4.41. The minimum Gasteiger partial charge on any atom is -0.357 e. The second-order valence-corrected chi connectivity index (χ2v) is 9.75. The summed E-state index contributed by atoms with van der Waals surface area (Å²) in [5, 5.41) is 8.46. The van der Waals surface area contributed by atoms with Gasteiger partial charge >= 0.3 is 0 Å². The van der Waals surface area contributed by atoms with Gasteiger partial charge in [0.2, 0.25) is 11.8 Å². The number of allylic oxidation sites excluding steroid dienone is 2. The van der Waals surface area contributed by atoms with E-state index in [0.717, 1.165) is 35.4 Å². The molecule has 2 fully saturated rings. The molecule has 2 amide bonds. The quantitative estimate of drug-likeness (QED) is 0.155. The maximum absolute atomic E-state index is 12.7. The lowest BCUT2D eigenvalue weighted by atomic mass is 9.85. The molecule has 1 saturated carbocycles. The van der Waals surface area contributed by atoms with Gasteiger partial charge in [-0.05, 0) is 31.6 Å². The third kappa shape index (κ3) is 4.35. The molecule has 4 atom stereocenters. The number of thiazole rings is 1. The average Bonchev–Trinajstić information content (AvgIpc) is 3.49. The van der Waals surface area contributed by atoms with Gasteiger partial charge in [-0.25, -0.2) is 4.98 Å². The smallest absolute Gasteiger partial charge is 0.233 e. The van der Waals surface area contributed by atoms with E-state index in [-0.39, 0.29) is 35.5 Å². The van der Waals surface area contributed by atoms with E-state index in [0.29, 0.717) is 19.6 Å². The zero-order valence-electron chi connectivity index (χ0n) is 16.5. The van der Waals surface area contributed by atoms with Gasteiger partial charge in [0.1, 0.15) is 4.34 Å². The number of nitrogens with zero attached hydrogens (tertiary/aromatic N) is 3. The number of imide groups is 1. The molecule has 4 unspecified atom stereocenters. The third-order valence-electron chi connectivity index (χ3n) is 5.74. The fraction of sp³-hybridized carbons (Fsp3) is 0.600. The molecule has 3 aliphatic rings. The van der Waals surface area contributed by atoms with Crippen LogP contribution in [0.25, 0.3) is 0 Å². The first-order chi connectivity index (χ1) is 14.2. The Balaban J connectivity index is 1.21. The molecule has 1 aliphatic heterocycles. The number of aliphatic imine (C=N–C) groups is 1. The van der Waals surface area contributed by atoms with Crippen molar-refractivity contribution in [3.63, 3.8) is 0 Å². The monoisotopic (exact) mass is 433 g/mol. The van der Waals surface area contributed by atoms with Gasteiger partial charge in [-0.15, -0.1) is 11.3 Å². The zero-order chi connectivity index (χ0) is 20.2. The molecule has 0 spiro atoms. The predicted octanol–water partition coefficient (Wildman–Crippen LogP) is 1.99. The van der Waals surface area contributed by atoms with E-state index in [1.807, 2.05) is 18.5 Å². The Morgan fingerprint density at radius 3 is 2.69 bits per heavy atom. The highest BCUT2D eigenvalue weighted by Crippen LogP contribution is 2.52. The predicted molar refractivity (Wildman–Crippen MR) is 116 cm³/mol. The van der Waals surface area contributed by atoms with Crippen LogP contribution in [0.5, 0.6) is 0 Å². The molecule has 9 heteroatoms. The Kier molecular flexibility index (Phi) is 6.54. The summed E-state index contributed by atoms with van der Waals surface area (Å²) < 4.78 is 1.09. The Morgan fingerprint density at radius 2 is 2.03 bits per heavy atom. The molecule has 0 aromatic carbocycles. The topological polar surface area (TPSA) is 86.7 Å². The van der Waals surface area contributed by atoms with Crippen molar-refractivity contribution in [2.75, 3.05) is 31.9 Å². The van der Waals surface area contributed by atoms with Gasteiger partial charge in [-0.1, -0.05) is 23.9 Å². The Morgan fingerprint density at radius 1 is 1.28 bits per heavy atom. The van der Waals surface area contributed by atoms with Crippen LogP contribution in [0.15, 0.2) is 33.1 Å². The number of nitrogens with one attached hydrogen (secondary N) is 2. The van der Waals surface area contributed by atoms with Crippen LogP contribution in [-0.4, -0.2) is 59.6 Å². The molecule has 2 heterocycles. The fourth-order valence-electron chi connectivity index (χ4n) is 4.51. The standard InChI is InChI=1S/C20H27N5O2S2/c1-2-21-19(22-6-3-10-28-20-24-8-11-29-20)23-7-9-25-17(26)15-13-4-5-14(12-13)16(15)18(25)27/h4-5,8,11,13-16H,2-3,6-7,9-10,12H2,1H3,(H2,21,22,23). The van der Waals surface area contributed by atoms with Gasteiger partial charge in [0.15, 0.2) is 5.96 Å². The van der Waals surface area contributed by atoms with Crippen LogP contribution < -0.4 is 10.6 Å².